The average Bonchev–Trinajstić information content (AvgIpc) is 3.24. The van der Waals surface area contributed by atoms with Gasteiger partial charge < -0.3 is 9.64 Å². The molecule has 0 fully saturated rings. The van der Waals surface area contributed by atoms with Crippen molar-refractivity contribution < 1.29 is 4.74 Å². The Morgan fingerprint density at radius 2 is 1.07 bits per heavy atom. The number of rotatable bonds is 1. The Kier molecular flexibility index (Phi) is 4.42. The van der Waals surface area contributed by atoms with Gasteiger partial charge in [-0.25, -0.2) is 0 Å². The highest BCUT2D eigenvalue weighted by molar-refractivity contribution is 6.25. The molecule has 9 rings (SSSR count). The quantitative estimate of drug-likeness (QED) is 0.198. The molecule has 194 valence electrons. The van der Waals surface area contributed by atoms with Crippen molar-refractivity contribution in [1.29, 1.82) is 0 Å². The summed E-state index contributed by atoms with van der Waals surface area (Å²) in [6.45, 7) is 4.67. The molecule has 7 aromatic rings. The van der Waals surface area contributed by atoms with E-state index >= 15 is 0 Å². The molecule has 1 aliphatic heterocycles. The minimum atomic E-state index is -0.0951. The Bertz CT molecular complexity index is 2190. The second-order valence-electron chi connectivity index (χ2n) is 11.8. The fraction of sp³-hybridized carbons (Fsp3) is 0.0769. The van der Waals surface area contributed by atoms with Gasteiger partial charge in [0.25, 0.3) is 0 Å². The highest BCUT2D eigenvalue weighted by atomic mass is 16.5. The summed E-state index contributed by atoms with van der Waals surface area (Å²) in [4.78, 5) is 2.39. The van der Waals surface area contributed by atoms with Gasteiger partial charge in [0, 0.05) is 11.1 Å². The van der Waals surface area contributed by atoms with Gasteiger partial charge in [-0.05, 0) is 91.0 Å². The zero-order valence-corrected chi connectivity index (χ0v) is 23.0. The van der Waals surface area contributed by atoms with Gasteiger partial charge in [-0.3, -0.25) is 0 Å². The van der Waals surface area contributed by atoms with E-state index in [-0.39, 0.29) is 5.41 Å². The minimum absolute atomic E-state index is 0.0951. The van der Waals surface area contributed by atoms with E-state index < -0.39 is 0 Å². The van der Waals surface area contributed by atoms with Crippen molar-refractivity contribution in [3.63, 3.8) is 0 Å². The van der Waals surface area contributed by atoms with Crippen LogP contribution in [0.5, 0.6) is 11.5 Å². The first kappa shape index (κ1) is 22.7. The Morgan fingerprint density at radius 1 is 0.463 bits per heavy atom. The summed E-state index contributed by atoms with van der Waals surface area (Å²) in [6.07, 6.45) is 0. The molecule has 0 amide bonds. The number of fused-ring (bicyclic) bond motifs is 11. The first-order valence-electron chi connectivity index (χ1n) is 14.3. The number of nitrogens with zero attached hydrogens (tertiary/aromatic N) is 1. The standard InChI is InChI=1S/C39H27NO/c1-39(2)33-16-8-7-15-30(33)32-22-38-36(23-34(32)39)40(35-17-9-10-18-37(35)41-38)24-19-20-29-27-13-4-3-11-25(27)26-12-5-6-14-28(26)31(29)21-24/h3-23H,1-2H3. The van der Waals surface area contributed by atoms with Gasteiger partial charge in [0.1, 0.15) is 0 Å². The molecular weight excluding hydrogens is 498 g/mol. The SMILES string of the molecule is CC1(C)c2ccccc2-c2cc3c(cc21)N(c1ccc2c4ccccc4c4ccccc4c2c1)c1ccccc1O3. The molecule has 0 saturated carbocycles. The summed E-state index contributed by atoms with van der Waals surface area (Å²) in [6, 6.07) is 46.2. The molecule has 0 N–H and O–H groups in total. The largest absolute Gasteiger partial charge is 0.453 e. The van der Waals surface area contributed by atoms with Gasteiger partial charge in [-0.1, -0.05) is 105 Å². The van der Waals surface area contributed by atoms with E-state index in [1.807, 2.05) is 6.07 Å². The van der Waals surface area contributed by atoms with E-state index in [0.717, 1.165) is 28.6 Å². The number of para-hydroxylation sites is 2. The average molecular weight is 526 g/mol. The fourth-order valence-electron chi connectivity index (χ4n) is 7.26. The van der Waals surface area contributed by atoms with E-state index in [1.54, 1.807) is 0 Å². The fourth-order valence-corrected chi connectivity index (χ4v) is 7.26. The minimum Gasteiger partial charge on any atom is -0.453 e. The number of hydrogen-bond acceptors (Lipinski definition) is 2. The van der Waals surface area contributed by atoms with Crippen LogP contribution in [0.2, 0.25) is 0 Å². The van der Waals surface area contributed by atoms with Crippen LogP contribution in [0.1, 0.15) is 25.0 Å². The molecule has 0 bridgehead atoms. The van der Waals surface area contributed by atoms with Gasteiger partial charge in [0.2, 0.25) is 0 Å². The number of ether oxygens (including phenoxy) is 1. The van der Waals surface area contributed by atoms with Crippen molar-refractivity contribution in [1.82, 2.24) is 0 Å². The summed E-state index contributed by atoms with van der Waals surface area (Å²) in [5, 5.41) is 7.67. The highest BCUT2D eigenvalue weighted by Gasteiger charge is 2.38. The molecule has 1 aliphatic carbocycles. The molecule has 2 aliphatic rings. The third-order valence-corrected chi connectivity index (χ3v) is 9.22. The monoisotopic (exact) mass is 525 g/mol. The van der Waals surface area contributed by atoms with E-state index in [0.29, 0.717) is 0 Å². The molecule has 1 heterocycles. The third-order valence-electron chi connectivity index (χ3n) is 9.22. The molecule has 2 nitrogen and oxygen atoms in total. The van der Waals surface area contributed by atoms with Gasteiger partial charge >= 0.3 is 0 Å². The van der Waals surface area contributed by atoms with Gasteiger partial charge in [-0.2, -0.15) is 0 Å². The predicted molar refractivity (Wildman–Crippen MR) is 171 cm³/mol. The lowest BCUT2D eigenvalue weighted by atomic mass is 9.82. The van der Waals surface area contributed by atoms with Crippen LogP contribution >= 0.6 is 0 Å². The van der Waals surface area contributed by atoms with E-state index in [2.05, 4.69) is 140 Å². The summed E-state index contributed by atoms with van der Waals surface area (Å²) in [5.41, 5.74) is 8.43. The van der Waals surface area contributed by atoms with Crippen molar-refractivity contribution in [2.75, 3.05) is 4.90 Å². The first-order chi connectivity index (χ1) is 20.1. The van der Waals surface area contributed by atoms with Crippen molar-refractivity contribution >= 4 is 49.4 Å². The Hall–Kier alpha value is -5.08. The first-order valence-corrected chi connectivity index (χ1v) is 14.3. The topological polar surface area (TPSA) is 12.5 Å². The van der Waals surface area contributed by atoms with Crippen molar-refractivity contribution in [3.8, 4) is 22.6 Å². The van der Waals surface area contributed by atoms with Crippen LogP contribution in [0.3, 0.4) is 0 Å². The van der Waals surface area contributed by atoms with Crippen LogP contribution in [0.25, 0.3) is 43.4 Å². The molecule has 0 radical (unpaired) electrons. The lowest BCUT2D eigenvalue weighted by Crippen LogP contribution is -2.19. The maximum atomic E-state index is 6.61. The lowest BCUT2D eigenvalue weighted by Gasteiger charge is -2.34. The van der Waals surface area contributed by atoms with Crippen molar-refractivity contribution in [2.24, 2.45) is 0 Å². The van der Waals surface area contributed by atoms with Crippen LogP contribution in [-0.4, -0.2) is 0 Å². The summed E-state index contributed by atoms with van der Waals surface area (Å²) in [7, 11) is 0. The second kappa shape index (κ2) is 7.99. The smallest absolute Gasteiger partial charge is 0.152 e. The van der Waals surface area contributed by atoms with Crippen LogP contribution in [-0.2, 0) is 5.41 Å². The predicted octanol–water partition coefficient (Wildman–Crippen LogP) is 11.0. The molecule has 7 aromatic carbocycles. The normalized spacial score (nSPS) is 14.4. The molecule has 0 atom stereocenters. The molecule has 0 spiro atoms. The van der Waals surface area contributed by atoms with Crippen LogP contribution < -0.4 is 9.64 Å². The number of anilines is 3. The molecule has 0 saturated heterocycles. The summed E-state index contributed by atoms with van der Waals surface area (Å²) >= 11 is 0. The maximum Gasteiger partial charge on any atom is 0.152 e. The Labute approximate surface area is 239 Å². The molecule has 2 heteroatoms. The summed E-state index contributed by atoms with van der Waals surface area (Å²) in [5.74, 6) is 1.76. The number of benzene rings is 7. The van der Waals surface area contributed by atoms with E-state index in [9.17, 15) is 0 Å². The second-order valence-corrected chi connectivity index (χ2v) is 11.8. The zero-order valence-electron chi connectivity index (χ0n) is 23.0. The molecule has 41 heavy (non-hydrogen) atoms. The molecule has 0 unspecified atom stereocenters. The van der Waals surface area contributed by atoms with Crippen LogP contribution in [0.4, 0.5) is 17.1 Å². The van der Waals surface area contributed by atoms with Crippen LogP contribution in [0, 0.1) is 0 Å². The van der Waals surface area contributed by atoms with Crippen molar-refractivity contribution in [3.05, 3.63) is 139 Å². The van der Waals surface area contributed by atoms with Gasteiger partial charge in [0.05, 0.1) is 11.4 Å². The summed E-state index contributed by atoms with van der Waals surface area (Å²) < 4.78 is 6.61. The third kappa shape index (κ3) is 3.02. The molecular formula is C39H27NO. The van der Waals surface area contributed by atoms with E-state index in [1.165, 1.54) is 54.6 Å². The van der Waals surface area contributed by atoms with Gasteiger partial charge in [-0.15, -0.1) is 0 Å². The maximum absolute atomic E-state index is 6.61. The van der Waals surface area contributed by atoms with Crippen molar-refractivity contribution in [2.45, 2.75) is 19.3 Å². The van der Waals surface area contributed by atoms with Crippen LogP contribution in [0.15, 0.2) is 127 Å². The van der Waals surface area contributed by atoms with Gasteiger partial charge in [0.15, 0.2) is 11.5 Å². The zero-order chi connectivity index (χ0) is 27.3. The van der Waals surface area contributed by atoms with E-state index in [4.69, 9.17) is 4.74 Å². The Morgan fingerprint density at radius 3 is 1.83 bits per heavy atom. The lowest BCUT2D eigenvalue weighted by molar-refractivity contribution is 0.476. The number of hydrogen-bond donors (Lipinski definition) is 0. The highest BCUT2D eigenvalue weighted by Crippen LogP contribution is 2.57. The Balaban J connectivity index is 1.33. The molecule has 0 aromatic heterocycles.